The van der Waals surface area contributed by atoms with E-state index >= 15 is 0 Å². The Labute approximate surface area is 89.8 Å². The zero-order valence-electron chi connectivity index (χ0n) is 8.85. The number of hydrogen-bond donors (Lipinski definition) is 3. The van der Waals surface area contributed by atoms with Crippen molar-refractivity contribution in [3.63, 3.8) is 0 Å². The van der Waals surface area contributed by atoms with E-state index in [0.717, 1.165) is 12.1 Å². The minimum atomic E-state index is -1.14. The normalized spacial score (nSPS) is 42.7. The van der Waals surface area contributed by atoms with E-state index in [1.807, 2.05) is 37.3 Å². The van der Waals surface area contributed by atoms with Gasteiger partial charge in [0.15, 0.2) is 0 Å². The van der Waals surface area contributed by atoms with Gasteiger partial charge in [-0.05, 0) is 25.5 Å². The van der Waals surface area contributed by atoms with Crippen LogP contribution in [0.15, 0.2) is 36.0 Å². The lowest BCUT2D eigenvalue weighted by Gasteiger charge is -2.40. The highest BCUT2D eigenvalue weighted by Crippen LogP contribution is 2.36. The van der Waals surface area contributed by atoms with Crippen molar-refractivity contribution in [3.8, 4) is 0 Å². The fourth-order valence-electron chi connectivity index (χ4n) is 2.27. The highest BCUT2D eigenvalue weighted by atomic mass is 16.3. The van der Waals surface area contributed by atoms with Crippen LogP contribution in [-0.4, -0.2) is 34.5 Å². The lowest BCUT2D eigenvalue weighted by molar-refractivity contribution is -0.0742. The molecule has 2 rings (SSSR count). The van der Waals surface area contributed by atoms with Crippen LogP contribution >= 0.6 is 0 Å². The summed E-state index contributed by atoms with van der Waals surface area (Å²) in [5.74, 6) is 0. The summed E-state index contributed by atoms with van der Waals surface area (Å²) in [7, 11) is 0. The maximum atomic E-state index is 10.5. The molecule has 3 N–H and O–H groups in total. The molecule has 0 aromatic carbocycles. The second-order valence-corrected chi connectivity index (χ2v) is 4.07. The number of aliphatic hydroxyl groups excluding tert-OH is 1. The van der Waals surface area contributed by atoms with E-state index in [2.05, 4.69) is 5.32 Å². The molecule has 2 aliphatic rings. The third kappa shape index (κ3) is 1.57. The predicted molar refractivity (Wildman–Crippen MR) is 59.4 cm³/mol. The van der Waals surface area contributed by atoms with E-state index in [1.165, 1.54) is 0 Å². The Hall–Kier alpha value is -0.900. The highest BCUT2D eigenvalue weighted by molar-refractivity contribution is 5.44. The summed E-state index contributed by atoms with van der Waals surface area (Å²) in [6.07, 6.45) is 9.33. The molecule has 0 saturated carbocycles. The van der Waals surface area contributed by atoms with Gasteiger partial charge in [-0.25, -0.2) is 0 Å². The molecule has 0 radical (unpaired) electrons. The third-order valence-electron chi connectivity index (χ3n) is 3.16. The Morgan fingerprint density at radius 3 is 3.13 bits per heavy atom. The molecule has 1 aliphatic heterocycles. The number of rotatable bonds is 1. The van der Waals surface area contributed by atoms with Crippen molar-refractivity contribution in [2.45, 2.75) is 31.1 Å². The summed E-state index contributed by atoms with van der Waals surface area (Å²) in [6.45, 7) is 2.67. The Morgan fingerprint density at radius 1 is 1.60 bits per heavy atom. The minimum Gasteiger partial charge on any atom is -0.390 e. The Bertz CT molecular complexity index is 333. The third-order valence-corrected chi connectivity index (χ3v) is 3.16. The van der Waals surface area contributed by atoms with Crippen molar-refractivity contribution in [2.24, 2.45) is 0 Å². The van der Waals surface area contributed by atoms with E-state index in [1.54, 1.807) is 0 Å². The van der Waals surface area contributed by atoms with Gasteiger partial charge in [0, 0.05) is 0 Å². The van der Waals surface area contributed by atoms with Crippen molar-refractivity contribution in [1.82, 2.24) is 5.32 Å². The van der Waals surface area contributed by atoms with Gasteiger partial charge in [0.05, 0.1) is 12.1 Å². The Balaban J connectivity index is 2.32. The van der Waals surface area contributed by atoms with Crippen molar-refractivity contribution in [1.29, 1.82) is 0 Å². The molecule has 0 aromatic rings. The summed E-state index contributed by atoms with van der Waals surface area (Å²) in [5.41, 5.74) is -0.358. The summed E-state index contributed by atoms with van der Waals surface area (Å²) >= 11 is 0. The van der Waals surface area contributed by atoms with E-state index < -0.39 is 11.7 Å². The second kappa shape index (κ2) is 3.93. The minimum absolute atomic E-state index is 0.155. The smallest absolute Gasteiger partial charge is 0.134 e. The zero-order chi connectivity index (χ0) is 10.9. The number of fused-ring (bicyclic) bond motifs is 1. The first-order chi connectivity index (χ1) is 7.19. The van der Waals surface area contributed by atoms with Crippen molar-refractivity contribution in [2.75, 3.05) is 6.54 Å². The van der Waals surface area contributed by atoms with Crippen LogP contribution in [0, 0.1) is 0 Å². The van der Waals surface area contributed by atoms with Crippen molar-refractivity contribution in [3.05, 3.63) is 36.0 Å². The summed E-state index contributed by atoms with van der Waals surface area (Å²) in [5, 5.41) is 23.6. The van der Waals surface area contributed by atoms with Gasteiger partial charge < -0.3 is 15.5 Å². The lowest BCUT2D eigenvalue weighted by atomic mass is 9.81. The van der Waals surface area contributed by atoms with Crippen LogP contribution in [0.25, 0.3) is 0 Å². The molecule has 3 nitrogen and oxygen atoms in total. The molecule has 0 amide bonds. The van der Waals surface area contributed by atoms with Gasteiger partial charge in [-0.2, -0.15) is 0 Å². The van der Waals surface area contributed by atoms with E-state index in [9.17, 15) is 10.2 Å². The second-order valence-electron chi connectivity index (χ2n) is 4.07. The van der Waals surface area contributed by atoms with Gasteiger partial charge in [0.1, 0.15) is 5.60 Å². The van der Waals surface area contributed by atoms with Gasteiger partial charge in [0.25, 0.3) is 0 Å². The van der Waals surface area contributed by atoms with Crippen molar-refractivity contribution < 1.29 is 10.2 Å². The average Bonchev–Trinajstić information content (AvgIpc) is 2.55. The summed E-state index contributed by atoms with van der Waals surface area (Å²) in [4.78, 5) is 0. The van der Waals surface area contributed by atoms with Crippen molar-refractivity contribution >= 4 is 0 Å². The molecule has 1 fully saturated rings. The topological polar surface area (TPSA) is 52.5 Å². The monoisotopic (exact) mass is 207 g/mol. The lowest BCUT2D eigenvalue weighted by Crippen LogP contribution is -2.60. The number of nitrogens with one attached hydrogen (secondary N) is 1. The number of allylic oxidation sites excluding steroid dienone is 3. The van der Waals surface area contributed by atoms with Crippen LogP contribution in [0.3, 0.4) is 0 Å². The molecule has 0 bridgehead atoms. The first-order valence-electron chi connectivity index (χ1n) is 5.35. The SMILES string of the molecule is C/C=C/C=C1/C=C[C@@H]2NCC[C@H](O)[C@@]12O. The van der Waals surface area contributed by atoms with Crippen LogP contribution in [-0.2, 0) is 0 Å². The number of aliphatic hydroxyl groups is 2. The molecule has 15 heavy (non-hydrogen) atoms. The van der Waals surface area contributed by atoms with Crippen LogP contribution < -0.4 is 5.32 Å². The van der Waals surface area contributed by atoms with Gasteiger partial charge in [-0.1, -0.05) is 30.4 Å². The van der Waals surface area contributed by atoms with Gasteiger partial charge >= 0.3 is 0 Å². The summed E-state index contributed by atoms with van der Waals surface area (Å²) < 4.78 is 0. The van der Waals surface area contributed by atoms with Gasteiger partial charge in [-0.15, -0.1) is 0 Å². The fourth-order valence-corrected chi connectivity index (χ4v) is 2.27. The first-order valence-corrected chi connectivity index (χ1v) is 5.35. The molecule has 1 saturated heterocycles. The largest absolute Gasteiger partial charge is 0.390 e. The maximum absolute atomic E-state index is 10.5. The van der Waals surface area contributed by atoms with Gasteiger partial charge in [0.2, 0.25) is 0 Å². The Kier molecular flexibility index (Phi) is 2.78. The summed E-state index contributed by atoms with van der Waals surface area (Å²) in [6, 6.07) is -0.155. The highest BCUT2D eigenvalue weighted by Gasteiger charge is 2.49. The molecular weight excluding hydrogens is 190 g/mol. The van der Waals surface area contributed by atoms with Crippen LogP contribution in [0.5, 0.6) is 0 Å². The average molecular weight is 207 g/mol. The fraction of sp³-hybridized carbons (Fsp3) is 0.500. The van der Waals surface area contributed by atoms with Gasteiger partial charge in [-0.3, -0.25) is 0 Å². The zero-order valence-corrected chi connectivity index (χ0v) is 8.85. The number of piperidine rings is 1. The standard InChI is InChI=1S/C12H17NO2/c1-2-3-4-9-5-6-10-12(9,15)11(14)7-8-13-10/h2-6,10-11,13-15H,7-8H2,1H3/b3-2+,9-4-/t10-,11-,12+/m0/s1. The van der Waals surface area contributed by atoms with E-state index in [-0.39, 0.29) is 6.04 Å². The number of hydrogen-bond acceptors (Lipinski definition) is 3. The molecule has 82 valence electrons. The van der Waals surface area contributed by atoms with E-state index in [4.69, 9.17) is 0 Å². The molecule has 0 spiro atoms. The molecule has 3 heteroatoms. The molecule has 3 atom stereocenters. The molecular formula is C12H17NO2. The van der Waals surface area contributed by atoms with Crippen LogP contribution in [0.4, 0.5) is 0 Å². The molecule has 1 heterocycles. The first kappa shape index (κ1) is 10.6. The maximum Gasteiger partial charge on any atom is 0.134 e. The quantitative estimate of drug-likeness (QED) is 0.587. The Morgan fingerprint density at radius 2 is 2.40 bits per heavy atom. The predicted octanol–water partition coefficient (Wildman–Crippen LogP) is 0.513. The van der Waals surface area contributed by atoms with E-state index in [0.29, 0.717) is 6.42 Å². The molecule has 1 aliphatic carbocycles. The molecule has 0 unspecified atom stereocenters. The van der Waals surface area contributed by atoms with Crippen LogP contribution in [0.1, 0.15) is 13.3 Å². The molecule has 0 aromatic heterocycles. The van der Waals surface area contributed by atoms with Crippen LogP contribution in [0.2, 0.25) is 0 Å².